The Balaban J connectivity index is 2.76. The van der Waals surface area contributed by atoms with E-state index in [0.29, 0.717) is 19.3 Å². The third-order valence-corrected chi connectivity index (χ3v) is 2.83. The van der Waals surface area contributed by atoms with Crippen LogP contribution >= 0.6 is 0 Å². The molecule has 0 aromatic rings. The Hall–Kier alpha value is -1.13. The average Bonchev–Trinajstić information content (AvgIpc) is 2.36. The Bertz CT molecular complexity index is 378. The van der Waals surface area contributed by atoms with E-state index < -0.39 is 30.5 Å². The standard InChI is InChI=1S/C10H11F8NO2/c11-6(7(20)19-4-2-1-3-5-19)21-10(17,18)8(12,13)9(14,15)16/h6H,1-5H2. The van der Waals surface area contributed by atoms with Crippen LogP contribution in [0, 0.1) is 0 Å². The zero-order valence-corrected chi connectivity index (χ0v) is 10.4. The lowest BCUT2D eigenvalue weighted by molar-refractivity contribution is -0.435. The zero-order chi connectivity index (χ0) is 16.5. The molecule has 11 heteroatoms. The molecule has 0 aromatic carbocycles. The second-order valence-electron chi connectivity index (χ2n) is 4.41. The third-order valence-electron chi connectivity index (χ3n) is 2.83. The maximum absolute atomic E-state index is 13.2. The van der Waals surface area contributed by atoms with Gasteiger partial charge >= 0.3 is 18.2 Å². The van der Waals surface area contributed by atoms with Gasteiger partial charge in [0.05, 0.1) is 0 Å². The van der Waals surface area contributed by atoms with Crippen molar-refractivity contribution in [3.63, 3.8) is 0 Å². The summed E-state index contributed by atoms with van der Waals surface area (Å²) >= 11 is 0. The molecule has 1 aliphatic rings. The van der Waals surface area contributed by atoms with E-state index in [4.69, 9.17) is 0 Å². The maximum atomic E-state index is 13.2. The van der Waals surface area contributed by atoms with Gasteiger partial charge in [0.25, 0.3) is 12.3 Å². The molecule has 0 spiro atoms. The number of alkyl halides is 8. The van der Waals surface area contributed by atoms with E-state index in [9.17, 15) is 39.9 Å². The molecular formula is C10H11F8NO2. The summed E-state index contributed by atoms with van der Waals surface area (Å²) in [6, 6.07) is 0. The van der Waals surface area contributed by atoms with E-state index in [1.165, 1.54) is 0 Å². The van der Waals surface area contributed by atoms with Crippen LogP contribution in [0.4, 0.5) is 35.1 Å². The highest BCUT2D eigenvalue weighted by molar-refractivity contribution is 5.79. The molecule has 1 atom stereocenters. The molecule has 1 amide bonds. The number of likely N-dealkylation sites (tertiary alicyclic amines) is 1. The number of carbonyl (C=O) groups excluding carboxylic acids is 1. The van der Waals surface area contributed by atoms with Crippen LogP contribution in [0.1, 0.15) is 19.3 Å². The van der Waals surface area contributed by atoms with Crippen LogP contribution in [0.2, 0.25) is 0 Å². The summed E-state index contributed by atoms with van der Waals surface area (Å²) in [5.41, 5.74) is 0. The van der Waals surface area contributed by atoms with Crippen LogP contribution < -0.4 is 0 Å². The molecule has 0 radical (unpaired) electrons. The number of nitrogens with zero attached hydrogens (tertiary/aromatic N) is 1. The first-order valence-corrected chi connectivity index (χ1v) is 5.83. The number of carbonyl (C=O) groups is 1. The molecule has 1 rings (SSSR count). The Kier molecular flexibility index (Phi) is 5.06. The van der Waals surface area contributed by atoms with Gasteiger partial charge in [-0.2, -0.15) is 30.7 Å². The first-order chi connectivity index (χ1) is 9.40. The number of hydrogen-bond donors (Lipinski definition) is 0. The van der Waals surface area contributed by atoms with E-state index in [2.05, 4.69) is 4.74 Å². The Labute approximate surface area is 113 Å². The molecule has 0 saturated carbocycles. The number of hydrogen-bond acceptors (Lipinski definition) is 2. The number of rotatable bonds is 4. The van der Waals surface area contributed by atoms with Crippen LogP contribution in [0.25, 0.3) is 0 Å². The van der Waals surface area contributed by atoms with E-state index in [-0.39, 0.29) is 13.1 Å². The van der Waals surface area contributed by atoms with Gasteiger partial charge < -0.3 is 4.90 Å². The highest BCUT2D eigenvalue weighted by Crippen LogP contribution is 2.47. The molecule has 1 unspecified atom stereocenters. The van der Waals surface area contributed by atoms with Crippen LogP contribution in [-0.2, 0) is 9.53 Å². The van der Waals surface area contributed by atoms with Gasteiger partial charge in [-0.25, -0.2) is 4.39 Å². The Morgan fingerprint density at radius 2 is 1.43 bits per heavy atom. The summed E-state index contributed by atoms with van der Waals surface area (Å²) in [5, 5.41) is 0. The van der Waals surface area contributed by atoms with Gasteiger partial charge in [0, 0.05) is 13.1 Å². The van der Waals surface area contributed by atoms with Crippen molar-refractivity contribution in [3.05, 3.63) is 0 Å². The zero-order valence-electron chi connectivity index (χ0n) is 10.4. The number of piperidine rings is 1. The van der Waals surface area contributed by atoms with Crippen molar-refractivity contribution in [1.29, 1.82) is 0 Å². The average molecular weight is 329 g/mol. The lowest BCUT2D eigenvalue weighted by Gasteiger charge is -2.31. The van der Waals surface area contributed by atoms with E-state index in [1.807, 2.05) is 0 Å². The van der Waals surface area contributed by atoms with Gasteiger partial charge in [-0.05, 0) is 19.3 Å². The summed E-state index contributed by atoms with van der Waals surface area (Å²) < 4.78 is 102. The van der Waals surface area contributed by atoms with Gasteiger partial charge in [-0.15, -0.1) is 0 Å². The molecule has 1 fully saturated rings. The molecule has 3 nitrogen and oxygen atoms in total. The Morgan fingerprint density at radius 1 is 0.952 bits per heavy atom. The molecular weight excluding hydrogens is 318 g/mol. The Morgan fingerprint density at radius 3 is 1.86 bits per heavy atom. The van der Waals surface area contributed by atoms with Crippen molar-refractivity contribution in [2.75, 3.05) is 13.1 Å². The molecule has 0 aromatic heterocycles. The van der Waals surface area contributed by atoms with Crippen molar-refractivity contribution >= 4 is 5.91 Å². The quantitative estimate of drug-likeness (QED) is 0.742. The van der Waals surface area contributed by atoms with Crippen molar-refractivity contribution in [3.8, 4) is 0 Å². The normalized spacial score (nSPS) is 19.5. The summed E-state index contributed by atoms with van der Waals surface area (Å²) in [4.78, 5) is 12.1. The van der Waals surface area contributed by atoms with Crippen molar-refractivity contribution in [2.24, 2.45) is 0 Å². The van der Waals surface area contributed by atoms with Crippen LogP contribution in [0.5, 0.6) is 0 Å². The highest BCUT2D eigenvalue weighted by atomic mass is 19.4. The minimum Gasteiger partial charge on any atom is -0.338 e. The molecule has 1 heterocycles. The maximum Gasteiger partial charge on any atom is 0.462 e. The largest absolute Gasteiger partial charge is 0.462 e. The number of amides is 1. The summed E-state index contributed by atoms with van der Waals surface area (Å²) in [6.45, 7) is -0.0201. The lowest BCUT2D eigenvalue weighted by Crippen LogP contribution is -2.55. The smallest absolute Gasteiger partial charge is 0.338 e. The summed E-state index contributed by atoms with van der Waals surface area (Å²) in [7, 11) is 0. The number of ether oxygens (including phenoxy) is 1. The van der Waals surface area contributed by atoms with Gasteiger partial charge in [0.15, 0.2) is 0 Å². The first-order valence-electron chi connectivity index (χ1n) is 5.83. The summed E-state index contributed by atoms with van der Waals surface area (Å²) in [6.07, 6.45) is -14.9. The molecule has 0 N–H and O–H groups in total. The molecule has 21 heavy (non-hydrogen) atoms. The summed E-state index contributed by atoms with van der Waals surface area (Å²) in [5.74, 6) is -8.32. The first kappa shape index (κ1) is 17.9. The van der Waals surface area contributed by atoms with E-state index in [1.54, 1.807) is 0 Å². The second-order valence-corrected chi connectivity index (χ2v) is 4.41. The van der Waals surface area contributed by atoms with E-state index in [0.717, 1.165) is 4.90 Å². The van der Waals surface area contributed by atoms with Crippen molar-refractivity contribution in [1.82, 2.24) is 4.90 Å². The molecule has 0 aliphatic carbocycles. The fourth-order valence-electron chi connectivity index (χ4n) is 1.68. The SMILES string of the molecule is O=C(C(F)OC(F)(F)C(F)(F)C(F)(F)F)N1CCCCC1. The molecule has 1 aliphatic heterocycles. The third kappa shape index (κ3) is 3.74. The van der Waals surface area contributed by atoms with Crippen molar-refractivity contribution < 1.29 is 44.7 Å². The van der Waals surface area contributed by atoms with E-state index >= 15 is 0 Å². The van der Waals surface area contributed by atoms with Gasteiger partial charge in [-0.3, -0.25) is 9.53 Å². The van der Waals surface area contributed by atoms with Gasteiger partial charge in [-0.1, -0.05) is 0 Å². The number of halogens is 8. The predicted octanol–water partition coefficient (Wildman–Crippen LogP) is 3.10. The molecule has 0 bridgehead atoms. The minimum atomic E-state index is -6.65. The van der Waals surface area contributed by atoms with Crippen LogP contribution in [-0.4, -0.2) is 48.5 Å². The lowest BCUT2D eigenvalue weighted by atomic mass is 10.1. The molecule has 124 valence electrons. The van der Waals surface area contributed by atoms with Gasteiger partial charge in [0.2, 0.25) is 0 Å². The topological polar surface area (TPSA) is 29.5 Å². The fraction of sp³-hybridized carbons (Fsp3) is 0.900. The fourth-order valence-corrected chi connectivity index (χ4v) is 1.68. The highest BCUT2D eigenvalue weighted by Gasteiger charge is 2.75. The second kappa shape index (κ2) is 5.93. The van der Waals surface area contributed by atoms with Gasteiger partial charge in [0.1, 0.15) is 0 Å². The van der Waals surface area contributed by atoms with Crippen molar-refractivity contribution in [2.45, 2.75) is 43.8 Å². The minimum absolute atomic E-state index is 0.0101. The monoisotopic (exact) mass is 329 g/mol. The molecule has 1 saturated heterocycles. The van der Waals surface area contributed by atoms with Crippen LogP contribution in [0.15, 0.2) is 0 Å². The predicted molar refractivity (Wildman–Crippen MR) is 52.4 cm³/mol. The van der Waals surface area contributed by atoms with Crippen LogP contribution in [0.3, 0.4) is 0 Å².